The largest absolute Gasteiger partial charge is 0.404 e. The third kappa shape index (κ3) is 2.67. The van der Waals surface area contributed by atoms with Crippen LogP contribution in [0.4, 0.5) is 0 Å². The van der Waals surface area contributed by atoms with Crippen LogP contribution in [0.3, 0.4) is 0 Å². The van der Waals surface area contributed by atoms with Gasteiger partial charge in [-0.2, -0.15) is 0 Å². The smallest absolute Gasteiger partial charge is 0.0390 e. The first kappa shape index (κ1) is 9.39. The Morgan fingerprint density at radius 2 is 1.85 bits per heavy atom. The lowest BCUT2D eigenvalue weighted by Crippen LogP contribution is -1.96. The number of hydrogen-bond donors (Lipinski definition) is 2. The summed E-state index contributed by atoms with van der Waals surface area (Å²) in [7, 11) is 0. The van der Waals surface area contributed by atoms with Crippen LogP contribution in [0.15, 0.2) is 48.2 Å². The molecule has 1 aromatic rings. The topological polar surface area (TPSA) is 52.0 Å². The molecule has 2 nitrogen and oxygen atoms in total. The van der Waals surface area contributed by atoms with E-state index >= 15 is 0 Å². The van der Waals surface area contributed by atoms with Gasteiger partial charge in [0.2, 0.25) is 0 Å². The zero-order chi connectivity index (χ0) is 9.68. The van der Waals surface area contributed by atoms with Crippen LogP contribution >= 0.6 is 0 Å². The van der Waals surface area contributed by atoms with E-state index in [1.54, 1.807) is 0 Å². The van der Waals surface area contributed by atoms with E-state index in [0.29, 0.717) is 0 Å². The van der Waals surface area contributed by atoms with Gasteiger partial charge in [0.25, 0.3) is 0 Å². The maximum atomic E-state index is 5.84. The van der Waals surface area contributed by atoms with E-state index in [1.165, 1.54) is 6.20 Å². The molecule has 0 atom stereocenters. The molecule has 0 unspecified atom stereocenters. The predicted molar refractivity (Wildman–Crippen MR) is 56.6 cm³/mol. The van der Waals surface area contributed by atoms with Gasteiger partial charge in [0.05, 0.1) is 0 Å². The second-order valence-electron chi connectivity index (χ2n) is 2.88. The third-order valence-corrected chi connectivity index (χ3v) is 1.75. The molecule has 1 aromatic carbocycles. The van der Waals surface area contributed by atoms with Crippen molar-refractivity contribution in [3.8, 4) is 0 Å². The summed E-state index contributed by atoms with van der Waals surface area (Å²) in [6.45, 7) is 1.91. The number of allylic oxidation sites excluding steroid dienone is 2. The summed E-state index contributed by atoms with van der Waals surface area (Å²) in [5, 5.41) is 0. The van der Waals surface area contributed by atoms with Crippen LogP contribution in [0.5, 0.6) is 0 Å². The summed E-state index contributed by atoms with van der Waals surface area (Å²) in [6, 6.07) is 9.81. The van der Waals surface area contributed by atoms with Gasteiger partial charge in [0.15, 0.2) is 0 Å². The maximum Gasteiger partial charge on any atom is 0.0390 e. The highest BCUT2D eigenvalue weighted by molar-refractivity contribution is 5.64. The number of benzene rings is 1. The van der Waals surface area contributed by atoms with E-state index in [1.807, 2.05) is 43.3 Å². The molecule has 0 fully saturated rings. The molecule has 13 heavy (non-hydrogen) atoms. The Kier molecular flexibility index (Phi) is 3.15. The Morgan fingerprint density at radius 3 is 2.38 bits per heavy atom. The maximum absolute atomic E-state index is 5.84. The van der Waals surface area contributed by atoms with Crippen LogP contribution in [0, 0.1) is 0 Å². The molecule has 0 aliphatic carbocycles. The fourth-order valence-corrected chi connectivity index (χ4v) is 1.01. The van der Waals surface area contributed by atoms with Crippen molar-refractivity contribution in [2.24, 2.45) is 11.5 Å². The van der Waals surface area contributed by atoms with Gasteiger partial charge in [-0.3, -0.25) is 0 Å². The van der Waals surface area contributed by atoms with Crippen molar-refractivity contribution >= 4 is 5.70 Å². The van der Waals surface area contributed by atoms with E-state index in [4.69, 9.17) is 11.5 Å². The average Bonchev–Trinajstić information content (AvgIpc) is 2.19. The monoisotopic (exact) mass is 174 g/mol. The van der Waals surface area contributed by atoms with E-state index in [2.05, 4.69) is 0 Å². The molecule has 68 valence electrons. The van der Waals surface area contributed by atoms with Gasteiger partial charge in [0.1, 0.15) is 0 Å². The van der Waals surface area contributed by atoms with Crippen molar-refractivity contribution in [1.29, 1.82) is 0 Å². The molecular weight excluding hydrogens is 160 g/mol. The fraction of sp³-hybridized carbons (Fsp3) is 0.0909. The Morgan fingerprint density at radius 1 is 1.23 bits per heavy atom. The van der Waals surface area contributed by atoms with Crippen molar-refractivity contribution in [3.05, 3.63) is 53.7 Å². The third-order valence-electron chi connectivity index (χ3n) is 1.75. The first-order chi connectivity index (χ1) is 6.24. The van der Waals surface area contributed by atoms with E-state index in [9.17, 15) is 0 Å². The van der Waals surface area contributed by atoms with Crippen LogP contribution in [0.2, 0.25) is 0 Å². The molecule has 0 aliphatic heterocycles. The van der Waals surface area contributed by atoms with E-state index in [0.717, 1.165) is 16.8 Å². The molecule has 0 aromatic heterocycles. The lowest BCUT2D eigenvalue weighted by molar-refractivity contribution is 1.41. The zero-order valence-electron chi connectivity index (χ0n) is 7.70. The van der Waals surface area contributed by atoms with Crippen LogP contribution < -0.4 is 11.5 Å². The molecule has 1 rings (SSSR count). The Labute approximate surface area is 78.6 Å². The Hall–Kier alpha value is -1.70. The SMILES string of the molecule is CC(=C/N)/C=C(\N)c1ccccc1. The summed E-state index contributed by atoms with van der Waals surface area (Å²) >= 11 is 0. The number of rotatable bonds is 2. The van der Waals surface area contributed by atoms with Gasteiger partial charge in [0, 0.05) is 5.70 Å². The van der Waals surface area contributed by atoms with Crippen molar-refractivity contribution in [1.82, 2.24) is 0 Å². The molecule has 0 spiro atoms. The number of hydrogen-bond acceptors (Lipinski definition) is 2. The predicted octanol–water partition coefficient (Wildman–Crippen LogP) is 1.85. The van der Waals surface area contributed by atoms with Crippen LogP contribution in [-0.4, -0.2) is 0 Å². The minimum absolute atomic E-state index is 0.736. The van der Waals surface area contributed by atoms with Crippen molar-refractivity contribution in [3.63, 3.8) is 0 Å². The molecule has 0 amide bonds. The molecule has 4 N–H and O–H groups in total. The summed E-state index contributed by atoms with van der Waals surface area (Å²) in [5.41, 5.74) is 13.9. The second kappa shape index (κ2) is 4.36. The van der Waals surface area contributed by atoms with Gasteiger partial charge in [-0.15, -0.1) is 0 Å². The molecule has 2 heteroatoms. The van der Waals surface area contributed by atoms with E-state index in [-0.39, 0.29) is 0 Å². The van der Waals surface area contributed by atoms with Crippen LogP contribution in [-0.2, 0) is 0 Å². The van der Waals surface area contributed by atoms with Gasteiger partial charge >= 0.3 is 0 Å². The Bertz CT molecular complexity index is 323. The minimum atomic E-state index is 0.736. The van der Waals surface area contributed by atoms with Crippen LogP contribution in [0.1, 0.15) is 12.5 Å². The molecule has 0 heterocycles. The first-order valence-electron chi connectivity index (χ1n) is 4.15. The van der Waals surface area contributed by atoms with Crippen molar-refractivity contribution in [2.45, 2.75) is 6.92 Å². The van der Waals surface area contributed by atoms with E-state index < -0.39 is 0 Å². The normalized spacial score (nSPS) is 13.0. The van der Waals surface area contributed by atoms with Gasteiger partial charge in [-0.1, -0.05) is 30.3 Å². The molecule has 0 saturated carbocycles. The molecule has 0 bridgehead atoms. The summed E-state index contributed by atoms with van der Waals surface area (Å²) in [4.78, 5) is 0. The van der Waals surface area contributed by atoms with Gasteiger partial charge in [-0.05, 0) is 30.3 Å². The second-order valence-corrected chi connectivity index (χ2v) is 2.88. The quantitative estimate of drug-likeness (QED) is 0.672. The zero-order valence-corrected chi connectivity index (χ0v) is 7.70. The average molecular weight is 174 g/mol. The molecule has 0 aliphatic rings. The highest BCUT2D eigenvalue weighted by atomic mass is 14.6. The lowest BCUT2D eigenvalue weighted by Gasteiger charge is -2.00. The summed E-state index contributed by atoms with van der Waals surface area (Å²) in [6.07, 6.45) is 3.39. The highest BCUT2D eigenvalue weighted by Crippen LogP contribution is 2.09. The standard InChI is InChI=1S/C11H14N2/c1-9(8-12)7-11(13)10-5-3-2-4-6-10/h2-8H,12-13H2,1H3/b9-8-,11-7-. The fourth-order valence-electron chi connectivity index (χ4n) is 1.01. The molecular formula is C11H14N2. The molecule has 0 radical (unpaired) electrons. The minimum Gasteiger partial charge on any atom is -0.404 e. The van der Waals surface area contributed by atoms with Gasteiger partial charge < -0.3 is 11.5 Å². The Balaban J connectivity index is 2.92. The van der Waals surface area contributed by atoms with Crippen LogP contribution in [0.25, 0.3) is 5.70 Å². The molecule has 0 saturated heterocycles. The van der Waals surface area contributed by atoms with Crippen molar-refractivity contribution in [2.75, 3.05) is 0 Å². The lowest BCUT2D eigenvalue weighted by atomic mass is 10.1. The summed E-state index contributed by atoms with van der Waals surface area (Å²) < 4.78 is 0. The van der Waals surface area contributed by atoms with Gasteiger partial charge in [-0.25, -0.2) is 0 Å². The van der Waals surface area contributed by atoms with Crippen molar-refractivity contribution < 1.29 is 0 Å². The number of nitrogens with two attached hydrogens (primary N) is 2. The first-order valence-corrected chi connectivity index (χ1v) is 4.15. The summed E-state index contributed by atoms with van der Waals surface area (Å²) in [5.74, 6) is 0. The highest BCUT2D eigenvalue weighted by Gasteiger charge is 1.93.